The van der Waals surface area contributed by atoms with Crippen LogP contribution < -0.4 is 5.73 Å². The van der Waals surface area contributed by atoms with Crippen LogP contribution in [0.15, 0.2) is 0 Å². The van der Waals surface area contributed by atoms with Gasteiger partial charge in [0.05, 0.1) is 0 Å². The Balaban J connectivity index is 2.54. The second kappa shape index (κ2) is 2.80. The maximum Gasteiger partial charge on any atom is 0.327 e. The number of ether oxygens (including phenoxy) is 1. The summed E-state index contributed by atoms with van der Waals surface area (Å²) in [4.78, 5) is 22.1. The molecule has 0 amide bonds. The molecule has 0 unspecified atom stereocenters. The first kappa shape index (κ1) is 10.2. The highest BCUT2D eigenvalue weighted by molar-refractivity contribution is 6.00. The maximum absolute atomic E-state index is 11.4. The summed E-state index contributed by atoms with van der Waals surface area (Å²) < 4.78 is 5.08. The zero-order chi connectivity index (χ0) is 10.3. The van der Waals surface area contributed by atoms with Crippen LogP contribution in [0.4, 0.5) is 0 Å². The van der Waals surface area contributed by atoms with E-state index in [1.165, 1.54) is 0 Å². The van der Waals surface area contributed by atoms with Crippen molar-refractivity contribution < 1.29 is 14.3 Å². The van der Waals surface area contributed by atoms with Crippen molar-refractivity contribution >= 4 is 11.8 Å². The number of rotatable bonds is 1. The molecule has 0 heterocycles. The molecule has 4 heteroatoms. The number of hydrogen-bond donors (Lipinski definition) is 1. The third-order valence-electron chi connectivity index (χ3n) is 1.83. The molecule has 0 saturated heterocycles. The van der Waals surface area contributed by atoms with Crippen molar-refractivity contribution in [3.8, 4) is 0 Å². The Morgan fingerprint density at radius 2 is 1.92 bits per heavy atom. The highest BCUT2D eigenvalue weighted by atomic mass is 16.6. The molecule has 13 heavy (non-hydrogen) atoms. The second-order valence-corrected chi connectivity index (χ2v) is 4.55. The van der Waals surface area contributed by atoms with Gasteiger partial charge in [-0.15, -0.1) is 0 Å². The first-order chi connectivity index (χ1) is 5.73. The fraction of sp³-hybridized carbons (Fsp3) is 0.778. The average Bonchev–Trinajstić information content (AvgIpc) is 1.80. The highest BCUT2D eigenvalue weighted by Gasteiger charge is 2.48. The molecule has 0 aromatic heterocycles. The lowest BCUT2D eigenvalue weighted by molar-refractivity contribution is -0.167. The van der Waals surface area contributed by atoms with Crippen LogP contribution in [0.2, 0.25) is 0 Å². The summed E-state index contributed by atoms with van der Waals surface area (Å²) >= 11 is 0. The van der Waals surface area contributed by atoms with Gasteiger partial charge in [-0.3, -0.25) is 9.59 Å². The van der Waals surface area contributed by atoms with Crippen LogP contribution in [0, 0.1) is 0 Å². The summed E-state index contributed by atoms with van der Waals surface area (Å²) in [5, 5.41) is 0. The number of nitrogens with two attached hydrogens (primary N) is 1. The van der Waals surface area contributed by atoms with E-state index in [4.69, 9.17) is 10.5 Å². The molecular formula is C9H15NO3. The summed E-state index contributed by atoms with van der Waals surface area (Å²) in [5.74, 6) is -0.451. The van der Waals surface area contributed by atoms with Gasteiger partial charge in [0.25, 0.3) is 0 Å². The summed E-state index contributed by atoms with van der Waals surface area (Å²) in [7, 11) is 0. The number of Topliss-reactive ketones (excluding diaryl/α,β-unsaturated/α-hetero) is 1. The van der Waals surface area contributed by atoms with Gasteiger partial charge in [-0.05, 0) is 20.8 Å². The van der Waals surface area contributed by atoms with E-state index in [2.05, 4.69) is 0 Å². The third-order valence-corrected chi connectivity index (χ3v) is 1.83. The molecular weight excluding hydrogens is 170 g/mol. The van der Waals surface area contributed by atoms with Crippen LogP contribution in [0.3, 0.4) is 0 Å². The van der Waals surface area contributed by atoms with E-state index in [1.54, 1.807) is 20.8 Å². The standard InChI is InChI=1S/C9H15NO3/c1-8(2,3)13-7(12)9(10)4-6(11)5-9/h4-5,10H2,1-3H3. The molecule has 0 aromatic rings. The summed E-state index contributed by atoms with van der Waals surface area (Å²) in [6, 6.07) is 0. The molecule has 1 saturated carbocycles. The molecule has 4 nitrogen and oxygen atoms in total. The topological polar surface area (TPSA) is 69.4 Å². The van der Waals surface area contributed by atoms with Gasteiger partial charge in [0.2, 0.25) is 0 Å². The lowest BCUT2D eigenvalue weighted by atomic mass is 9.76. The molecule has 2 N–H and O–H groups in total. The number of hydrogen-bond acceptors (Lipinski definition) is 4. The quantitative estimate of drug-likeness (QED) is 0.600. The number of ketones is 1. The van der Waals surface area contributed by atoms with E-state index in [0.29, 0.717) is 0 Å². The second-order valence-electron chi connectivity index (χ2n) is 4.55. The van der Waals surface area contributed by atoms with Crippen LogP contribution in [0.25, 0.3) is 0 Å². The Kier molecular flexibility index (Phi) is 2.20. The van der Waals surface area contributed by atoms with Crippen molar-refractivity contribution in [2.45, 2.75) is 44.8 Å². The predicted octanol–water partition coefficient (Wildman–Crippen LogP) is 0.388. The summed E-state index contributed by atoms with van der Waals surface area (Å²) in [5.41, 5.74) is 4.06. The van der Waals surface area contributed by atoms with Gasteiger partial charge in [0, 0.05) is 12.8 Å². The Bertz CT molecular complexity index is 244. The zero-order valence-corrected chi connectivity index (χ0v) is 8.22. The minimum absolute atomic E-state index is 0.0216. The normalized spacial score (nSPS) is 20.8. The zero-order valence-electron chi connectivity index (χ0n) is 8.22. The van der Waals surface area contributed by atoms with E-state index in [1.807, 2.05) is 0 Å². The van der Waals surface area contributed by atoms with E-state index in [9.17, 15) is 9.59 Å². The van der Waals surface area contributed by atoms with Crippen molar-refractivity contribution in [1.82, 2.24) is 0 Å². The van der Waals surface area contributed by atoms with Crippen molar-refractivity contribution in [3.63, 3.8) is 0 Å². The van der Waals surface area contributed by atoms with Crippen molar-refractivity contribution in [2.24, 2.45) is 5.73 Å². The molecule has 0 bridgehead atoms. The first-order valence-corrected chi connectivity index (χ1v) is 4.27. The fourth-order valence-electron chi connectivity index (χ4n) is 1.18. The Labute approximate surface area is 77.4 Å². The van der Waals surface area contributed by atoms with Gasteiger partial charge in [-0.2, -0.15) is 0 Å². The Hall–Kier alpha value is -0.900. The van der Waals surface area contributed by atoms with Crippen LogP contribution in [0.1, 0.15) is 33.6 Å². The van der Waals surface area contributed by atoms with E-state index in [0.717, 1.165) is 0 Å². The molecule has 1 rings (SSSR count). The smallest absolute Gasteiger partial charge is 0.327 e. The van der Waals surface area contributed by atoms with E-state index in [-0.39, 0.29) is 18.6 Å². The van der Waals surface area contributed by atoms with Gasteiger partial charge < -0.3 is 10.5 Å². The molecule has 0 spiro atoms. The number of carbonyl (C=O) groups excluding carboxylic acids is 2. The van der Waals surface area contributed by atoms with Crippen LogP contribution in [0.5, 0.6) is 0 Å². The molecule has 74 valence electrons. The van der Waals surface area contributed by atoms with Crippen LogP contribution >= 0.6 is 0 Å². The van der Waals surface area contributed by atoms with Gasteiger partial charge >= 0.3 is 5.97 Å². The monoisotopic (exact) mass is 185 g/mol. The van der Waals surface area contributed by atoms with E-state index >= 15 is 0 Å². The molecule has 0 atom stereocenters. The Morgan fingerprint density at radius 3 is 2.23 bits per heavy atom. The van der Waals surface area contributed by atoms with Crippen LogP contribution in [-0.2, 0) is 14.3 Å². The molecule has 0 aliphatic heterocycles. The van der Waals surface area contributed by atoms with Crippen molar-refractivity contribution in [1.29, 1.82) is 0 Å². The van der Waals surface area contributed by atoms with Crippen molar-refractivity contribution in [2.75, 3.05) is 0 Å². The summed E-state index contributed by atoms with van der Waals surface area (Å²) in [6.45, 7) is 5.32. The molecule has 0 aromatic carbocycles. The summed E-state index contributed by atoms with van der Waals surface area (Å²) in [6.07, 6.45) is 0.226. The predicted molar refractivity (Wildman–Crippen MR) is 47.0 cm³/mol. The van der Waals surface area contributed by atoms with Gasteiger partial charge in [0.1, 0.15) is 16.9 Å². The molecule has 1 aliphatic rings. The molecule has 1 fully saturated rings. The minimum Gasteiger partial charge on any atom is -0.459 e. The van der Waals surface area contributed by atoms with Gasteiger partial charge in [-0.1, -0.05) is 0 Å². The van der Waals surface area contributed by atoms with Gasteiger partial charge in [0.15, 0.2) is 0 Å². The minimum atomic E-state index is -1.05. The SMILES string of the molecule is CC(C)(C)OC(=O)C1(N)CC(=O)C1. The molecule has 0 radical (unpaired) electrons. The Morgan fingerprint density at radius 1 is 1.46 bits per heavy atom. The lowest BCUT2D eigenvalue weighted by Gasteiger charge is -2.36. The average molecular weight is 185 g/mol. The lowest BCUT2D eigenvalue weighted by Crippen LogP contribution is -2.60. The highest BCUT2D eigenvalue weighted by Crippen LogP contribution is 2.28. The largest absolute Gasteiger partial charge is 0.459 e. The third kappa shape index (κ3) is 2.28. The first-order valence-electron chi connectivity index (χ1n) is 4.27. The number of carbonyl (C=O) groups is 2. The van der Waals surface area contributed by atoms with Crippen LogP contribution in [-0.4, -0.2) is 22.9 Å². The van der Waals surface area contributed by atoms with Gasteiger partial charge in [-0.25, -0.2) is 0 Å². The fourth-order valence-corrected chi connectivity index (χ4v) is 1.18. The van der Waals surface area contributed by atoms with Crippen molar-refractivity contribution in [3.05, 3.63) is 0 Å². The maximum atomic E-state index is 11.4. The molecule has 1 aliphatic carbocycles. The van der Waals surface area contributed by atoms with E-state index < -0.39 is 17.1 Å². The number of esters is 1.